The summed E-state index contributed by atoms with van der Waals surface area (Å²) in [6.45, 7) is 0. The summed E-state index contributed by atoms with van der Waals surface area (Å²) in [6, 6.07) is 20.8. The molecule has 0 aliphatic carbocycles. The Morgan fingerprint density at radius 1 is 0.773 bits per heavy atom. The van der Waals surface area contributed by atoms with Gasteiger partial charge < -0.3 is 4.52 Å². The summed E-state index contributed by atoms with van der Waals surface area (Å²) in [6.07, 6.45) is 4.37. The molecule has 22 heavy (non-hydrogen) atoms. The molecule has 0 aliphatic heterocycles. The average molecular weight is 309 g/mol. The molecule has 0 saturated heterocycles. The van der Waals surface area contributed by atoms with Gasteiger partial charge in [0.2, 0.25) is 6.39 Å². The Morgan fingerprint density at radius 3 is 1.68 bits per heavy atom. The van der Waals surface area contributed by atoms with Crippen LogP contribution in [0.25, 0.3) is 11.1 Å². The summed E-state index contributed by atoms with van der Waals surface area (Å²) >= 11 is 1.60. The number of nitrogens with zero attached hydrogens (tertiary/aromatic N) is 3. The third kappa shape index (κ3) is 6.11. The van der Waals surface area contributed by atoms with Crippen LogP contribution in [0.5, 0.6) is 0 Å². The normalized spacial score (nSPS) is 8.91. The molecule has 0 spiro atoms. The first-order chi connectivity index (χ1) is 11.0. The van der Waals surface area contributed by atoms with Crippen LogP contribution in [-0.4, -0.2) is 15.1 Å². The first-order valence-corrected chi connectivity index (χ1v) is 7.53. The minimum absolute atomic E-state index is 1.26. The van der Waals surface area contributed by atoms with Crippen molar-refractivity contribution in [3.05, 3.63) is 90.5 Å². The maximum Gasteiger partial charge on any atom is 0.213 e. The Bertz CT molecular complexity index is 585. The lowest BCUT2D eigenvalue weighted by Crippen LogP contribution is -1.73. The molecule has 4 aromatic rings. The van der Waals surface area contributed by atoms with Crippen molar-refractivity contribution in [2.24, 2.45) is 0 Å². The molecule has 0 bridgehead atoms. The fourth-order valence-electron chi connectivity index (χ4n) is 1.57. The Hall–Kier alpha value is -2.79. The largest absolute Gasteiger partial charge is 0.343 e. The Morgan fingerprint density at radius 2 is 1.41 bits per heavy atom. The highest BCUT2D eigenvalue weighted by atomic mass is 32.1. The molecule has 0 saturated carbocycles. The van der Waals surface area contributed by atoms with E-state index in [0.717, 1.165) is 0 Å². The maximum absolute atomic E-state index is 4.22. The van der Waals surface area contributed by atoms with Gasteiger partial charge in [0, 0.05) is 11.6 Å². The SMILES string of the molecule is c1ccc(-c2ccccc2)cc1.c1cscn1.c1ncon1. The van der Waals surface area contributed by atoms with Crippen LogP contribution in [0, 0.1) is 0 Å². The first-order valence-electron chi connectivity index (χ1n) is 6.59. The number of thiazole rings is 1. The van der Waals surface area contributed by atoms with E-state index in [1.54, 1.807) is 23.0 Å². The number of hydrogen-bond donors (Lipinski definition) is 0. The van der Waals surface area contributed by atoms with Crippen molar-refractivity contribution in [2.45, 2.75) is 0 Å². The molecule has 2 aromatic heterocycles. The maximum atomic E-state index is 4.22. The smallest absolute Gasteiger partial charge is 0.213 e. The monoisotopic (exact) mass is 309 g/mol. The highest BCUT2D eigenvalue weighted by molar-refractivity contribution is 7.07. The Balaban J connectivity index is 0.000000145. The van der Waals surface area contributed by atoms with Crippen molar-refractivity contribution >= 4 is 11.3 Å². The van der Waals surface area contributed by atoms with Crippen LogP contribution in [0.1, 0.15) is 0 Å². The lowest BCUT2D eigenvalue weighted by atomic mass is 10.1. The lowest BCUT2D eigenvalue weighted by Gasteiger charge is -1.98. The Labute approximate surface area is 133 Å². The third-order valence-electron chi connectivity index (χ3n) is 2.51. The summed E-state index contributed by atoms with van der Waals surface area (Å²) in [7, 11) is 0. The second kappa shape index (κ2) is 10.0. The predicted molar refractivity (Wildman–Crippen MR) is 88.3 cm³/mol. The van der Waals surface area contributed by atoms with Crippen molar-refractivity contribution in [2.75, 3.05) is 0 Å². The standard InChI is InChI=1S/C12H10.C3H3NS.C2H2N2O/c1-3-7-11(8-4-1)12-9-5-2-6-10-12;1-2-5-3-4-1;1-3-2-5-4-1/h1-10H;1-3H;1-2H. The molecule has 2 aromatic carbocycles. The predicted octanol–water partition coefficient (Wildman–Crippen LogP) is 4.57. The molecule has 4 nitrogen and oxygen atoms in total. The minimum Gasteiger partial charge on any atom is -0.343 e. The van der Waals surface area contributed by atoms with Gasteiger partial charge in [-0.3, -0.25) is 4.98 Å². The molecule has 0 N–H and O–H groups in total. The van der Waals surface area contributed by atoms with Gasteiger partial charge >= 0.3 is 0 Å². The van der Waals surface area contributed by atoms with Gasteiger partial charge in [-0.1, -0.05) is 65.8 Å². The van der Waals surface area contributed by atoms with Gasteiger partial charge in [0.05, 0.1) is 5.51 Å². The molecule has 0 unspecified atom stereocenters. The lowest BCUT2D eigenvalue weighted by molar-refractivity contribution is 0.416. The van der Waals surface area contributed by atoms with E-state index in [4.69, 9.17) is 0 Å². The molecular formula is C17H15N3OS. The van der Waals surface area contributed by atoms with Crippen molar-refractivity contribution in [1.82, 2.24) is 15.1 Å². The van der Waals surface area contributed by atoms with Crippen molar-refractivity contribution in [3.63, 3.8) is 0 Å². The van der Waals surface area contributed by atoms with Crippen LogP contribution < -0.4 is 0 Å². The van der Waals surface area contributed by atoms with E-state index in [-0.39, 0.29) is 0 Å². The molecule has 0 fully saturated rings. The number of hydrogen-bond acceptors (Lipinski definition) is 5. The van der Waals surface area contributed by atoms with E-state index in [1.807, 2.05) is 17.5 Å². The van der Waals surface area contributed by atoms with E-state index in [0.29, 0.717) is 0 Å². The van der Waals surface area contributed by atoms with Crippen LogP contribution in [0.4, 0.5) is 0 Å². The van der Waals surface area contributed by atoms with Gasteiger partial charge in [-0.25, -0.2) is 4.98 Å². The Kier molecular flexibility index (Phi) is 7.10. The van der Waals surface area contributed by atoms with E-state index >= 15 is 0 Å². The molecule has 5 heteroatoms. The van der Waals surface area contributed by atoms with E-state index < -0.39 is 0 Å². The molecule has 0 radical (unpaired) electrons. The molecule has 0 atom stereocenters. The summed E-state index contributed by atoms with van der Waals surface area (Å²) in [5.41, 5.74) is 4.34. The first kappa shape index (κ1) is 15.6. The van der Waals surface area contributed by atoms with Crippen LogP contribution in [-0.2, 0) is 0 Å². The fraction of sp³-hybridized carbons (Fsp3) is 0. The van der Waals surface area contributed by atoms with Crippen molar-refractivity contribution in [3.8, 4) is 11.1 Å². The van der Waals surface area contributed by atoms with Crippen molar-refractivity contribution < 1.29 is 4.52 Å². The zero-order chi connectivity index (χ0) is 15.3. The highest BCUT2D eigenvalue weighted by Gasteiger charge is 1.91. The summed E-state index contributed by atoms with van der Waals surface area (Å²) < 4.78 is 4.22. The summed E-state index contributed by atoms with van der Waals surface area (Å²) in [5.74, 6) is 0. The van der Waals surface area contributed by atoms with Crippen LogP contribution >= 0.6 is 11.3 Å². The van der Waals surface area contributed by atoms with Gasteiger partial charge in [-0.2, -0.15) is 0 Å². The van der Waals surface area contributed by atoms with E-state index in [2.05, 4.69) is 68.2 Å². The molecule has 110 valence electrons. The second-order valence-corrected chi connectivity index (χ2v) is 4.74. The highest BCUT2D eigenvalue weighted by Crippen LogP contribution is 2.17. The number of aromatic nitrogens is 3. The zero-order valence-corrected chi connectivity index (χ0v) is 12.6. The van der Waals surface area contributed by atoms with Gasteiger partial charge in [0.1, 0.15) is 0 Å². The average Bonchev–Trinajstić information content (AvgIpc) is 3.34. The molecule has 0 aliphatic rings. The number of rotatable bonds is 1. The topological polar surface area (TPSA) is 51.8 Å². The van der Waals surface area contributed by atoms with Crippen LogP contribution in [0.3, 0.4) is 0 Å². The van der Waals surface area contributed by atoms with Crippen LogP contribution in [0.2, 0.25) is 0 Å². The summed E-state index contributed by atoms with van der Waals surface area (Å²) in [4.78, 5) is 7.19. The molecule has 0 amide bonds. The minimum atomic E-state index is 1.26. The summed E-state index contributed by atoms with van der Waals surface area (Å²) in [5, 5.41) is 5.17. The van der Waals surface area contributed by atoms with Gasteiger partial charge in [0.15, 0.2) is 6.33 Å². The fourth-order valence-corrected chi connectivity index (χ4v) is 1.92. The van der Waals surface area contributed by atoms with Crippen LogP contribution in [0.15, 0.2) is 95.0 Å². The molecule has 4 rings (SSSR count). The second-order valence-electron chi connectivity index (χ2n) is 3.99. The van der Waals surface area contributed by atoms with Gasteiger partial charge in [-0.15, -0.1) is 11.3 Å². The molecular weight excluding hydrogens is 294 g/mol. The van der Waals surface area contributed by atoms with Gasteiger partial charge in [-0.05, 0) is 11.1 Å². The third-order valence-corrected chi connectivity index (χ3v) is 3.03. The van der Waals surface area contributed by atoms with E-state index in [1.165, 1.54) is 23.8 Å². The molecule has 2 heterocycles. The van der Waals surface area contributed by atoms with E-state index in [9.17, 15) is 0 Å². The number of benzene rings is 2. The zero-order valence-electron chi connectivity index (χ0n) is 11.8. The van der Waals surface area contributed by atoms with Crippen molar-refractivity contribution in [1.29, 1.82) is 0 Å². The quantitative estimate of drug-likeness (QED) is 0.517. The van der Waals surface area contributed by atoms with Gasteiger partial charge in [0.25, 0.3) is 0 Å².